The third-order valence-corrected chi connectivity index (χ3v) is 3.17. The number of benzene rings is 1. The second-order valence-electron chi connectivity index (χ2n) is 2.63. The molecule has 0 aromatic heterocycles. The number of hydrogen-bond acceptors (Lipinski definition) is 3. The molecule has 0 fully saturated rings. The molecule has 0 heterocycles. The molecule has 14 heavy (non-hydrogen) atoms. The van der Waals surface area contributed by atoms with Crippen LogP contribution < -0.4 is 4.72 Å². The molecule has 0 atom stereocenters. The molecule has 0 unspecified atom stereocenters. The normalized spacial score (nSPS) is 11.6. The Morgan fingerprint density at radius 2 is 2.14 bits per heavy atom. The zero-order valence-corrected chi connectivity index (χ0v) is 8.31. The number of aliphatic hydroxyl groups excluding tert-OH is 1. The summed E-state index contributed by atoms with van der Waals surface area (Å²) in [4.78, 5) is -0.452. The minimum atomic E-state index is -3.80. The van der Waals surface area contributed by atoms with Gasteiger partial charge in [0, 0.05) is 0 Å². The summed E-state index contributed by atoms with van der Waals surface area (Å²) in [7, 11) is -2.60. The van der Waals surface area contributed by atoms with Gasteiger partial charge in [0.1, 0.15) is 10.7 Å². The Labute approximate surface area is 81.4 Å². The first kappa shape index (κ1) is 11.1. The molecule has 0 spiro atoms. The van der Waals surface area contributed by atoms with Crippen LogP contribution in [0.1, 0.15) is 5.56 Å². The van der Waals surface area contributed by atoms with Crippen molar-refractivity contribution in [2.45, 2.75) is 11.5 Å². The first-order valence-corrected chi connectivity index (χ1v) is 5.32. The maximum absolute atomic E-state index is 13.1. The minimum absolute atomic E-state index is 0.327. The van der Waals surface area contributed by atoms with Gasteiger partial charge < -0.3 is 5.11 Å². The van der Waals surface area contributed by atoms with E-state index in [9.17, 15) is 12.8 Å². The lowest BCUT2D eigenvalue weighted by atomic mass is 10.2. The molecule has 1 aromatic carbocycles. The predicted octanol–water partition coefficient (Wildman–Crippen LogP) is 0.226. The quantitative estimate of drug-likeness (QED) is 0.764. The van der Waals surface area contributed by atoms with E-state index in [-0.39, 0.29) is 6.61 Å². The minimum Gasteiger partial charge on any atom is -0.392 e. The summed E-state index contributed by atoms with van der Waals surface area (Å²) in [6.45, 7) is -0.327. The fraction of sp³-hybridized carbons (Fsp3) is 0.250. The molecule has 0 aliphatic carbocycles. The molecule has 1 rings (SSSR count). The van der Waals surface area contributed by atoms with Crippen LogP contribution in [0.15, 0.2) is 23.1 Å². The lowest BCUT2D eigenvalue weighted by molar-refractivity contribution is 0.281. The highest BCUT2D eigenvalue weighted by atomic mass is 32.2. The number of sulfonamides is 1. The average Bonchev–Trinajstić information content (AvgIpc) is 2.18. The summed E-state index contributed by atoms with van der Waals surface area (Å²) in [6, 6.07) is 3.43. The fourth-order valence-electron chi connectivity index (χ4n) is 0.962. The maximum atomic E-state index is 13.1. The van der Waals surface area contributed by atoms with Crippen LogP contribution in [0.25, 0.3) is 0 Å². The number of rotatable bonds is 3. The van der Waals surface area contributed by atoms with Crippen LogP contribution in [0.2, 0.25) is 0 Å². The van der Waals surface area contributed by atoms with Crippen molar-refractivity contribution < 1.29 is 17.9 Å². The Morgan fingerprint density at radius 1 is 1.50 bits per heavy atom. The van der Waals surface area contributed by atoms with Crippen molar-refractivity contribution in [3.63, 3.8) is 0 Å². The van der Waals surface area contributed by atoms with Crippen LogP contribution in [0.4, 0.5) is 4.39 Å². The summed E-state index contributed by atoms with van der Waals surface area (Å²) in [6.07, 6.45) is 0. The molecule has 0 aliphatic heterocycles. The maximum Gasteiger partial charge on any atom is 0.243 e. The molecular weight excluding hydrogens is 209 g/mol. The summed E-state index contributed by atoms with van der Waals surface area (Å²) in [5.41, 5.74) is 0.347. The van der Waals surface area contributed by atoms with Gasteiger partial charge in [0.05, 0.1) is 6.61 Å². The van der Waals surface area contributed by atoms with E-state index in [1.54, 1.807) is 0 Å². The highest BCUT2D eigenvalue weighted by Crippen LogP contribution is 2.15. The van der Waals surface area contributed by atoms with Crippen molar-refractivity contribution in [2.75, 3.05) is 7.05 Å². The lowest BCUT2D eigenvalue weighted by Gasteiger charge is -2.05. The van der Waals surface area contributed by atoms with Crippen LogP contribution in [-0.2, 0) is 16.6 Å². The van der Waals surface area contributed by atoms with E-state index in [1.165, 1.54) is 13.1 Å². The Hall–Kier alpha value is -0.980. The summed E-state index contributed by atoms with van der Waals surface area (Å²) in [5, 5.41) is 8.75. The van der Waals surface area contributed by atoms with E-state index >= 15 is 0 Å². The van der Waals surface area contributed by atoms with Gasteiger partial charge >= 0.3 is 0 Å². The molecule has 0 amide bonds. The van der Waals surface area contributed by atoms with E-state index in [1.807, 2.05) is 4.72 Å². The van der Waals surface area contributed by atoms with Gasteiger partial charge in [-0.1, -0.05) is 6.07 Å². The van der Waals surface area contributed by atoms with Crippen molar-refractivity contribution in [1.29, 1.82) is 0 Å². The zero-order chi connectivity index (χ0) is 10.8. The second-order valence-corrected chi connectivity index (χ2v) is 4.49. The van der Waals surface area contributed by atoms with Crippen molar-refractivity contribution in [3.05, 3.63) is 29.6 Å². The average molecular weight is 219 g/mol. The number of nitrogens with one attached hydrogen (secondary N) is 1. The smallest absolute Gasteiger partial charge is 0.243 e. The summed E-state index contributed by atoms with van der Waals surface area (Å²) >= 11 is 0. The first-order chi connectivity index (χ1) is 6.51. The Balaban J connectivity index is 3.33. The van der Waals surface area contributed by atoms with Crippen LogP contribution in [-0.4, -0.2) is 20.6 Å². The van der Waals surface area contributed by atoms with Crippen LogP contribution in [0, 0.1) is 5.82 Å². The Kier molecular flexibility index (Phi) is 3.20. The highest BCUT2D eigenvalue weighted by Gasteiger charge is 2.17. The van der Waals surface area contributed by atoms with E-state index < -0.39 is 20.7 Å². The van der Waals surface area contributed by atoms with Crippen LogP contribution >= 0.6 is 0 Å². The molecule has 0 saturated carbocycles. The van der Waals surface area contributed by atoms with Gasteiger partial charge in [-0.2, -0.15) is 0 Å². The second kappa shape index (κ2) is 4.04. The van der Waals surface area contributed by atoms with Gasteiger partial charge in [-0.05, 0) is 24.7 Å². The molecule has 0 bridgehead atoms. The van der Waals surface area contributed by atoms with Crippen molar-refractivity contribution >= 4 is 10.0 Å². The molecular formula is C8H10FNO3S. The van der Waals surface area contributed by atoms with Gasteiger partial charge in [-0.3, -0.25) is 0 Å². The SMILES string of the molecule is CNS(=O)(=O)c1cc(CO)ccc1F. The third kappa shape index (κ3) is 2.09. The molecule has 0 radical (unpaired) electrons. The molecule has 6 heteroatoms. The Bertz CT molecular complexity index is 430. The lowest BCUT2D eigenvalue weighted by Crippen LogP contribution is -2.20. The van der Waals surface area contributed by atoms with Crippen LogP contribution in [0.3, 0.4) is 0 Å². The number of halogens is 1. The molecule has 0 aliphatic rings. The van der Waals surface area contributed by atoms with E-state index in [2.05, 4.69) is 0 Å². The van der Waals surface area contributed by atoms with E-state index in [0.717, 1.165) is 12.1 Å². The van der Waals surface area contributed by atoms with Gasteiger partial charge in [-0.15, -0.1) is 0 Å². The van der Waals surface area contributed by atoms with Gasteiger partial charge in [0.25, 0.3) is 0 Å². The first-order valence-electron chi connectivity index (χ1n) is 3.84. The largest absolute Gasteiger partial charge is 0.392 e. The van der Waals surface area contributed by atoms with Gasteiger partial charge in [0.2, 0.25) is 10.0 Å². The van der Waals surface area contributed by atoms with E-state index in [0.29, 0.717) is 5.56 Å². The number of hydrogen-bond donors (Lipinski definition) is 2. The fourth-order valence-corrected chi connectivity index (χ4v) is 1.81. The van der Waals surface area contributed by atoms with Crippen molar-refractivity contribution in [2.24, 2.45) is 0 Å². The standard InChI is InChI=1S/C8H10FNO3S/c1-10-14(12,13)8-4-6(5-11)2-3-7(8)9/h2-4,10-11H,5H2,1H3. The van der Waals surface area contributed by atoms with Gasteiger partial charge in [0.15, 0.2) is 0 Å². The number of aliphatic hydroxyl groups is 1. The molecule has 0 saturated heterocycles. The molecule has 2 N–H and O–H groups in total. The van der Waals surface area contributed by atoms with Gasteiger partial charge in [-0.25, -0.2) is 17.5 Å². The van der Waals surface area contributed by atoms with Crippen molar-refractivity contribution in [1.82, 2.24) is 4.72 Å². The van der Waals surface area contributed by atoms with Crippen LogP contribution in [0.5, 0.6) is 0 Å². The zero-order valence-electron chi connectivity index (χ0n) is 7.49. The summed E-state index contributed by atoms with van der Waals surface area (Å²) in [5.74, 6) is -0.837. The highest BCUT2D eigenvalue weighted by molar-refractivity contribution is 7.89. The molecule has 4 nitrogen and oxygen atoms in total. The Morgan fingerprint density at radius 3 is 2.64 bits per heavy atom. The summed E-state index contributed by atoms with van der Waals surface area (Å²) < 4.78 is 37.6. The molecule has 1 aromatic rings. The van der Waals surface area contributed by atoms with E-state index in [4.69, 9.17) is 5.11 Å². The third-order valence-electron chi connectivity index (χ3n) is 1.74. The van der Waals surface area contributed by atoms with Crippen molar-refractivity contribution in [3.8, 4) is 0 Å². The predicted molar refractivity (Wildman–Crippen MR) is 48.6 cm³/mol. The monoisotopic (exact) mass is 219 g/mol. The topological polar surface area (TPSA) is 66.4 Å². The molecule has 78 valence electrons.